The van der Waals surface area contributed by atoms with Crippen LogP contribution in [0.4, 0.5) is 20.2 Å². The molecule has 27 heavy (non-hydrogen) atoms. The van der Waals surface area contributed by atoms with Gasteiger partial charge in [0.15, 0.2) is 0 Å². The van der Waals surface area contributed by atoms with E-state index in [9.17, 15) is 28.8 Å². The van der Waals surface area contributed by atoms with E-state index in [1.54, 1.807) is 0 Å². The molecule has 0 saturated heterocycles. The van der Waals surface area contributed by atoms with E-state index in [0.29, 0.717) is 0 Å². The Morgan fingerprint density at radius 3 is 2.56 bits per heavy atom. The predicted octanol–water partition coefficient (Wildman–Crippen LogP) is 4.26. The Kier molecular flexibility index (Phi) is 4.82. The Morgan fingerprint density at radius 1 is 1.26 bits per heavy atom. The summed E-state index contributed by atoms with van der Waals surface area (Å²) in [6.07, 6.45) is 0. The van der Waals surface area contributed by atoms with Crippen LogP contribution in [-0.4, -0.2) is 20.9 Å². The molecule has 0 fully saturated rings. The first kappa shape index (κ1) is 18.4. The highest BCUT2D eigenvalue weighted by molar-refractivity contribution is 7.17. The van der Waals surface area contributed by atoms with E-state index >= 15 is 0 Å². The van der Waals surface area contributed by atoms with Gasteiger partial charge < -0.3 is 10.4 Å². The van der Waals surface area contributed by atoms with Gasteiger partial charge in [-0.2, -0.15) is 0 Å². The van der Waals surface area contributed by atoms with E-state index in [1.807, 2.05) is 0 Å². The fraction of sp³-hybridized carbons (Fsp3) is 0.0588. The van der Waals surface area contributed by atoms with Gasteiger partial charge in [0, 0.05) is 12.1 Å². The minimum absolute atomic E-state index is 0.0171. The molecule has 0 aliphatic carbocycles. The van der Waals surface area contributed by atoms with Crippen LogP contribution in [0.25, 0.3) is 10.6 Å². The number of aromatic hydroxyl groups is 1. The topological polar surface area (TPSA) is 105 Å². The summed E-state index contributed by atoms with van der Waals surface area (Å²) in [6, 6.07) is 6.54. The van der Waals surface area contributed by atoms with Crippen LogP contribution in [0, 0.1) is 28.7 Å². The van der Waals surface area contributed by atoms with Gasteiger partial charge in [0.2, 0.25) is 0 Å². The van der Waals surface area contributed by atoms with Crippen LogP contribution >= 0.6 is 11.3 Å². The third-order valence-electron chi connectivity index (χ3n) is 3.62. The number of nitrogens with one attached hydrogen (secondary N) is 1. The van der Waals surface area contributed by atoms with Crippen molar-refractivity contribution >= 4 is 28.6 Å². The van der Waals surface area contributed by atoms with Crippen molar-refractivity contribution in [3.05, 3.63) is 68.7 Å². The number of rotatable bonds is 4. The third kappa shape index (κ3) is 3.60. The zero-order chi connectivity index (χ0) is 19.7. The van der Waals surface area contributed by atoms with Crippen molar-refractivity contribution < 1.29 is 23.6 Å². The zero-order valence-electron chi connectivity index (χ0n) is 13.7. The van der Waals surface area contributed by atoms with Gasteiger partial charge in [-0.1, -0.05) is 6.07 Å². The Morgan fingerprint density at radius 2 is 1.93 bits per heavy atom. The maximum absolute atomic E-state index is 13.9. The van der Waals surface area contributed by atoms with E-state index in [1.165, 1.54) is 13.0 Å². The highest BCUT2D eigenvalue weighted by atomic mass is 32.1. The second-order valence-electron chi connectivity index (χ2n) is 5.44. The molecule has 0 atom stereocenters. The van der Waals surface area contributed by atoms with E-state index < -0.39 is 22.5 Å². The number of thiazole rings is 1. The highest BCUT2D eigenvalue weighted by Gasteiger charge is 2.22. The number of amides is 1. The summed E-state index contributed by atoms with van der Waals surface area (Å²) in [7, 11) is 0. The molecular weight excluding hydrogens is 380 g/mol. The van der Waals surface area contributed by atoms with Gasteiger partial charge in [0.25, 0.3) is 11.6 Å². The van der Waals surface area contributed by atoms with Crippen molar-refractivity contribution in [2.24, 2.45) is 0 Å². The Bertz CT molecular complexity index is 1050. The lowest BCUT2D eigenvalue weighted by Gasteiger charge is -2.06. The molecule has 10 heteroatoms. The minimum Gasteiger partial charge on any atom is -0.506 e. The number of carbonyl (C=O) groups excluding carboxylic acids is 1. The summed E-state index contributed by atoms with van der Waals surface area (Å²) >= 11 is 0.766. The van der Waals surface area contributed by atoms with Crippen LogP contribution in [0.2, 0.25) is 0 Å². The molecule has 138 valence electrons. The summed E-state index contributed by atoms with van der Waals surface area (Å²) in [4.78, 5) is 26.7. The van der Waals surface area contributed by atoms with Gasteiger partial charge >= 0.3 is 0 Å². The predicted molar refractivity (Wildman–Crippen MR) is 94.9 cm³/mol. The number of hydrogen-bond donors (Lipinski definition) is 2. The first-order valence-corrected chi connectivity index (χ1v) is 8.30. The van der Waals surface area contributed by atoms with Crippen molar-refractivity contribution in [2.75, 3.05) is 5.32 Å². The molecule has 2 aromatic carbocycles. The average molecular weight is 391 g/mol. The van der Waals surface area contributed by atoms with Crippen molar-refractivity contribution in [2.45, 2.75) is 6.92 Å². The summed E-state index contributed by atoms with van der Waals surface area (Å²) in [5.74, 6) is -2.71. The fourth-order valence-electron chi connectivity index (χ4n) is 2.33. The number of non-ortho nitro benzene ring substituents is 1. The molecule has 1 amide bonds. The van der Waals surface area contributed by atoms with Crippen LogP contribution in [-0.2, 0) is 0 Å². The standard InChI is InChI=1S/C17H11F2N3O4S/c1-8-15(27-17(20-8)14-10(18)3-2-4-11(14)19)16(24)21-12-7-9(22(25)26)5-6-13(12)23/h2-7,23H,1H3,(H,21,24). The first-order chi connectivity index (χ1) is 12.8. The Balaban J connectivity index is 1.94. The van der Waals surface area contributed by atoms with Crippen molar-refractivity contribution in [1.82, 2.24) is 4.98 Å². The molecule has 7 nitrogen and oxygen atoms in total. The second kappa shape index (κ2) is 7.08. The molecule has 0 unspecified atom stereocenters. The summed E-state index contributed by atoms with van der Waals surface area (Å²) in [5.41, 5.74) is -0.609. The quantitative estimate of drug-likeness (QED) is 0.393. The van der Waals surface area contributed by atoms with Crippen molar-refractivity contribution in [3.8, 4) is 16.3 Å². The van der Waals surface area contributed by atoms with Gasteiger partial charge in [-0.25, -0.2) is 13.8 Å². The molecule has 0 spiro atoms. The number of nitrogens with zero attached hydrogens (tertiary/aromatic N) is 2. The Labute approximate surface area is 155 Å². The number of nitro benzene ring substituents is 1. The van der Waals surface area contributed by atoms with Gasteiger partial charge in [0.1, 0.15) is 27.3 Å². The van der Waals surface area contributed by atoms with E-state index in [-0.39, 0.29) is 38.3 Å². The maximum Gasteiger partial charge on any atom is 0.271 e. The molecule has 1 heterocycles. The number of nitro groups is 1. The fourth-order valence-corrected chi connectivity index (χ4v) is 3.34. The van der Waals surface area contributed by atoms with E-state index in [4.69, 9.17) is 0 Å². The third-order valence-corrected chi connectivity index (χ3v) is 4.79. The number of hydrogen-bond acceptors (Lipinski definition) is 6. The van der Waals surface area contributed by atoms with Gasteiger partial charge in [0.05, 0.1) is 21.9 Å². The molecule has 0 bridgehead atoms. The van der Waals surface area contributed by atoms with Gasteiger partial charge in [-0.05, 0) is 25.1 Å². The normalized spacial score (nSPS) is 10.6. The number of phenolic OH excluding ortho intramolecular Hbond substituents is 1. The molecule has 0 aliphatic rings. The lowest BCUT2D eigenvalue weighted by molar-refractivity contribution is -0.384. The van der Waals surface area contributed by atoms with Crippen molar-refractivity contribution in [3.63, 3.8) is 0 Å². The van der Waals surface area contributed by atoms with Crippen LogP contribution in [0.5, 0.6) is 5.75 Å². The minimum atomic E-state index is -0.813. The average Bonchev–Trinajstić information content (AvgIpc) is 2.98. The van der Waals surface area contributed by atoms with Crippen molar-refractivity contribution in [1.29, 1.82) is 0 Å². The van der Waals surface area contributed by atoms with Gasteiger partial charge in [-0.15, -0.1) is 11.3 Å². The maximum atomic E-state index is 13.9. The number of anilines is 1. The summed E-state index contributed by atoms with van der Waals surface area (Å²) in [5, 5.41) is 22.9. The summed E-state index contributed by atoms with van der Waals surface area (Å²) < 4.78 is 27.9. The number of aromatic nitrogens is 1. The number of phenols is 1. The molecule has 1 aromatic heterocycles. The number of carbonyl (C=O) groups is 1. The van der Waals surface area contributed by atoms with Crippen LogP contribution < -0.4 is 5.32 Å². The lowest BCUT2D eigenvalue weighted by Crippen LogP contribution is -2.11. The van der Waals surface area contributed by atoms with E-state index in [0.717, 1.165) is 41.7 Å². The number of halogens is 2. The molecule has 0 saturated carbocycles. The number of benzene rings is 2. The zero-order valence-corrected chi connectivity index (χ0v) is 14.5. The van der Waals surface area contributed by atoms with Gasteiger partial charge in [-0.3, -0.25) is 14.9 Å². The lowest BCUT2D eigenvalue weighted by atomic mass is 10.2. The molecular formula is C17H11F2N3O4S. The smallest absolute Gasteiger partial charge is 0.271 e. The van der Waals surface area contributed by atoms with E-state index in [2.05, 4.69) is 10.3 Å². The largest absolute Gasteiger partial charge is 0.506 e. The molecule has 0 aliphatic heterocycles. The van der Waals surface area contributed by atoms with Crippen LogP contribution in [0.15, 0.2) is 36.4 Å². The molecule has 3 aromatic rings. The SMILES string of the molecule is Cc1nc(-c2c(F)cccc2F)sc1C(=O)Nc1cc([N+](=O)[O-])ccc1O. The van der Waals surface area contributed by atoms with Crippen LogP contribution in [0.3, 0.4) is 0 Å². The first-order valence-electron chi connectivity index (χ1n) is 7.48. The highest BCUT2D eigenvalue weighted by Crippen LogP contribution is 2.33. The monoisotopic (exact) mass is 391 g/mol. The molecule has 3 rings (SSSR count). The van der Waals surface area contributed by atoms with Crippen LogP contribution in [0.1, 0.15) is 15.4 Å². The Hall–Kier alpha value is -3.40. The summed E-state index contributed by atoms with van der Waals surface area (Å²) in [6.45, 7) is 1.49. The molecule has 0 radical (unpaired) electrons. The number of aryl methyl sites for hydroxylation is 1. The molecule has 2 N–H and O–H groups in total. The second-order valence-corrected chi connectivity index (χ2v) is 6.44.